The Morgan fingerprint density at radius 3 is 2.95 bits per heavy atom. The Labute approximate surface area is 129 Å². The predicted octanol–water partition coefficient (Wildman–Crippen LogP) is 1.46. The van der Waals surface area contributed by atoms with Crippen LogP contribution in [0.15, 0.2) is 16.8 Å². The lowest BCUT2D eigenvalue weighted by Gasteiger charge is -2.22. The molecule has 1 fully saturated rings. The quantitative estimate of drug-likeness (QED) is 0.781. The molecule has 5 nitrogen and oxygen atoms in total. The zero-order valence-electron chi connectivity index (χ0n) is 12.4. The number of nitrogens with one attached hydrogen (secondary N) is 1. The zero-order chi connectivity index (χ0) is 15.3. The lowest BCUT2D eigenvalue weighted by molar-refractivity contribution is -0.130. The minimum atomic E-state index is -0.0689. The number of carbonyl (C=O) groups is 2. The van der Waals surface area contributed by atoms with E-state index in [9.17, 15) is 9.59 Å². The first kappa shape index (κ1) is 16.0. The van der Waals surface area contributed by atoms with Crippen molar-refractivity contribution in [3.05, 3.63) is 22.4 Å². The van der Waals surface area contributed by atoms with Crippen LogP contribution in [0.1, 0.15) is 36.5 Å². The van der Waals surface area contributed by atoms with Gasteiger partial charge in [0.15, 0.2) is 0 Å². The summed E-state index contributed by atoms with van der Waals surface area (Å²) >= 11 is 1.50. The monoisotopic (exact) mass is 309 g/mol. The van der Waals surface area contributed by atoms with Crippen LogP contribution in [0.4, 0.5) is 0 Å². The summed E-state index contributed by atoms with van der Waals surface area (Å²) in [6.07, 6.45) is 2.12. The van der Waals surface area contributed by atoms with Gasteiger partial charge in [-0.25, -0.2) is 0 Å². The van der Waals surface area contributed by atoms with Crippen LogP contribution in [0.25, 0.3) is 0 Å². The SMILES string of the molecule is CC1(CN)CCN(C(=O)CCCNC(=O)c2ccsc2)C1. The van der Waals surface area contributed by atoms with Gasteiger partial charge in [-0.1, -0.05) is 6.92 Å². The summed E-state index contributed by atoms with van der Waals surface area (Å²) in [6, 6.07) is 1.79. The van der Waals surface area contributed by atoms with Crippen molar-refractivity contribution in [2.45, 2.75) is 26.2 Å². The maximum Gasteiger partial charge on any atom is 0.252 e. The summed E-state index contributed by atoms with van der Waals surface area (Å²) in [5.74, 6) is 0.0949. The molecule has 6 heteroatoms. The zero-order valence-corrected chi connectivity index (χ0v) is 13.2. The van der Waals surface area contributed by atoms with Gasteiger partial charge < -0.3 is 16.0 Å². The van der Waals surface area contributed by atoms with Crippen molar-refractivity contribution < 1.29 is 9.59 Å². The summed E-state index contributed by atoms with van der Waals surface area (Å²) < 4.78 is 0. The molecule has 1 aliphatic rings. The van der Waals surface area contributed by atoms with Gasteiger partial charge in [-0.2, -0.15) is 11.3 Å². The number of nitrogens with zero attached hydrogens (tertiary/aromatic N) is 1. The van der Waals surface area contributed by atoms with Crippen LogP contribution in [0.3, 0.4) is 0 Å². The van der Waals surface area contributed by atoms with E-state index in [1.807, 2.05) is 15.7 Å². The molecule has 3 N–H and O–H groups in total. The van der Waals surface area contributed by atoms with E-state index in [1.54, 1.807) is 6.07 Å². The van der Waals surface area contributed by atoms with Gasteiger partial charge in [0.25, 0.3) is 5.91 Å². The Hall–Kier alpha value is -1.40. The normalized spacial score (nSPS) is 21.5. The van der Waals surface area contributed by atoms with Crippen molar-refractivity contribution in [2.24, 2.45) is 11.1 Å². The van der Waals surface area contributed by atoms with E-state index in [2.05, 4.69) is 12.2 Å². The maximum atomic E-state index is 12.1. The molecular weight excluding hydrogens is 286 g/mol. The van der Waals surface area contributed by atoms with Crippen LogP contribution in [0, 0.1) is 5.41 Å². The minimum absolute atomic E-state index is 0.0689. The summed E-state index contributed by atoms with van der Waals surface area (Å²) in [5, 5.41) is 6.53. The number of rotatable bonds is 6. The van der Waals surface area contributed by atoms with Gasteiger partial charge in [0, 0.05) is 37.0 Å². The molecule has 0 radical (unpaired) electrons. The molecule has 21 heavy (non-hydrogen) atoms. The van der Waals surface area contributed by atoms with Crippen LogP contribution in [0.2, 0.25) is 0 Å². The molecule has 1 aromatic rings. The summed E-state index contributed by atoms with van der Waals surface area (Å²) in [6.45, 7) is 4.83. The fourth-order valence-corrected chi connectivity index (χ4v) is 3.13. The number of nitrogens with two attached hydrogens (primary N) is 1. The molecule has 0 aromatic carbocycles. The third-order valence-corrected chi connectivity index (χ3v) is 4.72. The average molecular weight is 309 g/mol. The number of hydrogen-bond acceptors (Lipinski definition) is 4. The number of hydrogen-bond donors (Lipinski definition) is 2. The fourth-order valence-electron chi connectivity index (χ4n) is 2.50. The Morgan fingerprint density at radius 1 is 1.52 bits per heavy atom. The van der Waals surface area contributed by atoms with Crippen molar-refractivity contribution in [2.75, 3.05) is 26.2 Å². The molecule has 1 aromatic heterocycles. The van der Waals surface area contributed by atoms with Crippen molar-refractivity contribution in [3.8, 4) is 0 Å². The van der Waals surface area contributed by atoms with Crippen LogP contribution >= 0.6 is 11.3 Å². The molecule has 1 unspecified atom stereocenters. The summed E-state index contributed by atoms with van der Waals surface area (Å²) in [5.41, 5.74) is 6.50. The van der Waals surface area contributed by atoms with E-state index in [-0.39, 0.29) is 17.2 Å². The first-order valence-corrected chi connectivity index (χ1v) is 8.27. The fraction of sp³-hybridized carbons (Fsp3) is 0.600. The summed E-state index contributed by atoms with van der Waals surface area (Å²) in [7, 11) is 0. The Morgan fingerprint density at radius 2 is 2.33 bits per heavy atom. The Kier molecular flexibility index (Phi) is 5.36. The van der Waals surface area contributed by atoms with E-state index in [0.29, 0.717) is 31.5 Å². The van der Waals surface area contributed by atoms with Gasteiger partial charge in [0.05, 0.1) is 0 Å². The molecule has 1 aliphatic heterocycles. The molecule has 1 atom stereocenters. The van der Waals surface area contributed by atoms with Crippen LogP contribution < -0.4 is 11.1 Å². The molecule has 1 saturated heterocycles. The van der Waals surface area contributed by atoms with Crippen molar-refractivity contribution in [1.29, 1.82) is 0 Å². The predicted molar refractivity (Wildman–Crippen MR) is 84.2 cm³/mol. The van der Waals surface area contributed by atoms with Gasteiger partial charge in [-0.3, -0.25) is 9.59 Å². The lowest BCUT2D eigenvalue weighted by atomic mass is 9.90. The molecule has 0 saturated carbocycles. The van der Waals surface area contributed by atoms with Crippen molar-refractivity contribution >= 4 is 23.2 Å². The maximum absolute atomic E-state index is 12.1. The lowest BCUT2D eigenvalue weighted by Crippen LogP contribution is -2.34. The second-order valence-electron chi connectivity index (χ2n) is 5.95. The van der Waals surface area contributed by atoms with E-state index in [4.69, 9.17) is 5.73 Å². The van der Waals surface area contributed by atoms with E-state index in [1.165, 1.54) is 11.3 Å². The Balaban J connectivity index is 1.65. The number of amides is 2. The third-order valence-electron chi connectivity index (χ3n) is 4.04. The topological polar surface area (TPSA) is 75.4 Å². The number of thiophene rings is 1. The van der Waals surface area contributed by atoms with Gasteiger partial charge >= 0.3 is 0 Å². The smallest absolute Gasteiger partial charge is 0.252 e. The number of carbonyl (C=O) groups excluding carboxylic acids is 2. The molecule has 2 amide bonds. The standard InChI is InChI=1S/C15H23N3O2S/c1-15(10-16)5-7-18(11-15)13(19)3-2-6-17-14(20)12-4-8-21-9-12/h4,8-9H,2-3,5-7,10-11,16H2,1H3,(H,17,20). The highest BCUT2D eigenvalue weighted by Crippen LogP contribution is 2.28. The third kappa shape index (κ3) is 4.28. The molecule has 0 spiro atoms. The minimum Gasteiger partial charge on any atom is -0.352 e. The largest absolute Gasteiger partial charge is 0.352 e. The Bertz CT molecular complexity index is 489. The first-order valence-electron chi connectivity index (χ1n) is 7.32. The van der Waals surface area contributed by atoms with Crippen molar-refractivity contribution in [3.63, 3.8) is 0 Å². The highest BCUT2D eigenvalue weighted by atomic mass is 32.1. The van der Waals surface area contributed by atoms with Gasteiger partial charge in [-0.05, 0) is 36.2 Å². The summed E-state index contributed by atoms with van der Waals surface area (Å²) in [4.78, 5) is 25.7. The first-order chi connectivity index (χ1) is 10.0. The molecule has 2 heterocycles. The molecule has 0 bridgehead atoms. The van der Waals surface area contributed by atoms with Crippen LogP contribution in [0.5, 0.6) is 0 Å². The molecular formula is C15H23N3O2S. The van der Waals surface area contributed by atoms with Gasteiger partial charge in [0.2, 0.25) is 5.91 Å². The van der Waals surface area contributed by atoms with Crippen molar-refractivity contribution in [1.82, 2.24) is 10.2 Å². The second kappa shape index (κ2) is 7.04. The van der Waals surface area contributed by atoms with E-state index >= 15 is 0 Å². The highest BCUT2D eigenvalue weighted by molar-refractivity contribution is 7.08. The van der Waals surface area contributed by atoms with Crippen LogP contribution in [-0.4, -0.2) is 42.9 Å². The average Bonchev–Trinajstić information content (AvgIpc) is 3.13. The number of likely N-dealkylation sites (tertiary alicyclic amines) is 1. The van der Waals surface area contributed by atoms with Gasteiger partial charge in [0.1, 0.15) is 0 Å². The van der Waals surface area contributed by atoms with Gasteiger partial charge in [-0.15, -0.1) is 0 Å². The molecule has 0 aliphatic carbocycles. The second-order valence-corrected chi connectivity index (χ2v) is 6.73. The van der Waals surface area contributed by atoms with E-state index in [0.717, 1.165) is 19.5 Å². The van der Waals surface area contributed by atoms with Crippen LogP contribution in [-0.2, 0) is 4.79 Å². The molecule has 116 valence electrons. The highest BCUT2D eigenvalue weighted by Gasteiger charge is 2.34. The van der Waals surface area contributed by atoms with E-state index < -0.39 is 0 Å². The molecule has 2 rings (SSSR count).